The molecule has 0 saturated heterocycles. The van der Waals surface area contributed by atoms with Gasteiger partial charge in [0, 0.05) is 39.5 Å². The molecule has 0 fully saturated rings. The molecule has 4 aliphatic heterocycles. The highest BCUT2D eigenvalue weighted by Crippen LogP contribution is 2.56. The van der Waals surface area contributed by atoms with Gasteiger partial charge < -0.3 is 19.4 Å². The first-order chi connectivity index (χ1) is 26.2. The Hall–Kier alpha value is -6.20. The molecule has 7 aromatic carbocycles. The van der Waals surface area contributed by atoms with Crippen molar-refractivity contribution >= 4 is 74.3 Å². The highest BCUT2D eigenvalue weighted by atomic mass is 16.5. The molecule has 54 heavy (non-hydrogen) atoms. The van der Waals surface area contributed by atoms with Gasteiger partial charge in [0.2, 0.25) is 0 Å². The van der Waals surface area contributed by atoms with Gasteiger partial charge in [-0.15, -0.1) is 0 Å². The lowest BCUT2D eigenvalue weighted by atomic mass is 9.32. The minimum absolute atomic E-state index is 0.00791. The van der Waals surface area contributed by atoms with E-state index >= 15 is 0 Å². The van der Waals surface area contributed by atoms with Crippen molar-refractivity contribution in [3.05, 3.63) is 168 Å². The summed E-state index contributed by atoms with van der Waals surface area (Å²) < 4.78 is 7.04. The average Bonchev–Trinajstić information content (AvgIpc) is 3.18. The Balaban J connectivity index is 1.27. The van der Waals surface area contributed by atoms with Gasteiger partial charge in [0.05, 0.1) is 17.1 Å². The van der Waals surface area contributed by atoms with Gasteiger partial charge in [-0.1, -0.05) is 120 Å². The zero-order valence-electron chi connectivity index (χ0n) is 31.3. The number of hydrogen-bond donors (Lipinski definition) is 0. The first-order valence-electron chi connectivity index (χ1n) is 19.1. The van der Waals surface area contributed by atoms with E-state index in [4.69, 9.17) is 4.74 Å². The molecular weight excluding hydrogens is 657 g/mol. The van der Waals surface area contributed by atoms with Crippen molar-refractivity contribution in [1.82, 2.24) is 0 Å². The predicted octanol–water partition coefficient (Wildman–Crippen LogP) is 11.3. The van der Waals surface area contributed by atoms with Crippen molar-refractivity contribution in [3.63, 3.8) is 0 Å². The highest BCUT2D eigenvalue weighted by Gasteiger charge is 2.49. The van der Waals surface area contributed by atoms with E-state index in [0.29, 0.717) is 0 Å². The van der Waals surface area contributed by atoms with Crippen molar-refractivity contribution in [2.75, 3.05) is 14.7 Å². The topological polar surface area (TPSA) is 19.0 Å². The number of anilines is 9. The summed E-state index contributed by atoms with van der Waals surface area (Å²) in [5.74, 6) is 1.62. The van der Waals surface area contributed by atoms with Gasteiger partial charge >= 0.3 is 0 Å². The van der Waals surface area contributed by atoms with E-state index in [1.165, 1.54) is 55.8 Å². The molecule has 0 spiro atoms. The minimum atomic E-state index is -0.193. The highest BCUT2D eigenvalue weighted by molar-refractivity contribution is 7.00. The smallest absolute Gasteiger partial charge is 0.252 e. The van der Waals surface area contributed by atoms with Crippen LogP contribution in [0.5, 0.6) is 11.5 Å². The van der Waals surface area contributed by atoms with Gasteiger partial charge in [-0.3, -0.25) is 0 Å². The zero-order chi connectivity index (χ0) is 36.5. The van der Waals surface area contributed by atoms with Crippen molar-refractivity contribution in [1.29, 1.82) is 0 Å². The van der Waals surface area contributed by atoms with E-state index in [2.05, 4.69) is 201 Å². The SMILES string of the molecule is CC(C)(C)c1ccc2c(c1)B1c3ccc4cc3N(c3ccccc3Oc3ccccc3N4c3ccccc3)c3ccc4c(c31)N2c1ccccc1C4(C)C. The Morgan fingerprint density at radius 2 is 1.13 bits per heavy atom. The van der Waals surface area contributed by atoms with Crippen LogP contribution in [0.3, 0.4) is 0 Å². The summed E-state index contributed by atoms with van der Waals surface area (Å²) in [7, 11) is 0. The maximum absolute atomic E-state index is 7.04. The molecule has 0 radical (unpaired) electrons. The van der Waals surface area contributed by atoms with Crippen LogP contribution in [0, 0.1) is 0 Å². The van der Waals surface area contributed by atoms with Crippen LogP contribution in [-0.4, -0.2) is 6.71 Å². The lowest BCUT2D eigenvalue weighted by molar-refractivity contribution is 0.484. The van der Waals surface area contributed by atoms with Crippen molar-refractivity contribution in [3.8, 4) is 11.5 Å². The van der Waals surface area contributed by atoms with Crippen molar-refractivity contribution < 1.29 is 4.74 Å². The van der Waals surface area contributed by atoms with Crippen LogP contribution < -0.4 is 35.8 Å². The fourth-order valence-corrected chi connectivity index (χ4v) is 9.55. The number of hydrogen-bond acceptors (Lipinski definition) is 4. The maximum atomic E-state index is 7.04. The molecule has 4 aliphatic rings. The standard InChI is InChI=1S/C49H40BN3O/c1-48(2,3)31-23-27-39-37(29-31)50-36-26-24-33-30-43(36)52(42-28-25-35-47(46(42)50)53(39)38-18-10-9-17-34(38)49(35,4)5)41-20-12-14-22-45(41)54-44-21-13-11-19-40(44)51(33)32-15-7-6-8-16-32/h6-30H,1-5H3. The number of ether oxygens (including phenoxy) is 1. The number of benzene rings is 7. The molecule has 0 aliphatic carbocycles. The minimum Gasteiger partial charge on any atom is -0.453 e. The van der Waals surface area contributed by atoms with Gasteiger partial charge in [0.15, 0.2) is 11.5 Å². The van der Waals surface area contributed by atoms with Gasteiger partial charge in [-0.25, -0.2) is 0 Å². The first-order valence-corrected chi connectivity index (χ1v) is 19.1. The largest absolute Gasteiger partial charge is 0.453 e. The summed E-state index contributed by atoms with van der Waals surface area (Å²) in [4.78, 5) is 7.38. The van der Waals surface area contributed by atoms with Crippen LogP contribution in [0.25, 0.3) is 0 Å². The molecule has 5 heteroatoms. The Labute approximate surface area is 318 Å². The molecule has 4 nitrogen and oxygen atoms in total. The monoisotopic (exact) mass is 697 g/mol. The van der Waals surface area contributed by atoms with Crippen molar-refractivity contribution in [2.45, 2.75) is 45.4 Å². The molecular formula is C49H40BN3O. The predicted molar refractivity (Wildman–Crippen MR) is 226 cm³/mol. The third kappa shape index (κ3) is 4.21. The Morgan fingerprint density at radius 3 is 1.87 bits per heavy atom. The van der Waals surface area contributed by atoms with E-state index in [1.54, 1.807) is 0 Å². The number of fused-ring (bicyclic) bond motifs is 11. The molecule has 0 atom stereocenters. The summed E-state index contributed by atoms with van der Waals surface area (Å²) >= 11 is 0. The van der Waals surface area contributed by atoms with Crippen LogP contribution in [0.2, 0.25) is 0 Å². The molecule has 0 unspecified atom stereocenters. The van der Waals surface area contributed by atoms with Crippen LogP contribution in [-0.2, 0) is 10.8 Å². The van der Waals surface area contributed by atoms with Crippen LogP contribution in [0.1, 0.15) is 51.3 Å². The molecule has 2 bridgehead atoms. The molecule has 4 heterocycles. The summed E-state index contributed by atoms with van der Waals surface area (Å²) in [5, 5.41) is 0. The van der Waals surface area contributed by atoms with E-state index in [9.17, 15) is 0 Å². The second-order valence-corrected chi connectivity index (χ2v) is 16.6. The van der Waals surface area contributed by atoms with Gasteiger partial charge in [0.1, 0.15) is 0 Å². The molecule has 0 amide bonds. The van der Waals surface area contributed by atoms with E-state index in [-0.39, 0.29) is 17.5 Å². The normalized spacial score (nSPS) is 15.3. The Kier molecular flexibility index (Phi) is 6.34. The number of para-hydroxylation sites is 6. The zero-order valence-corrected chi connectivity index (χ0v) is 31.3. The fourth-order valence-electron chi connectivity index (χ4n) is 9.55. The third-order valence-electron chi connectivity index (χ3n) is 12.2. The van der Waals surface area contributed by atoms with E-state index in [1.807, 2.05) is 0 Å². The first kappa shape index (κ1) is 31.3. The number of nitrogens with zero attached hydrogens (tertiary/aromatic N) is 3. The molecule has 0 aromatic heterocycles. The molecule has 0 N–H and O–H groups in total. The quantitative estimate of drug-likeness (QED) is 0.159. The van der Waals surface area contributed by atoms with Gasteiger partial charge in [-0.05, 0) is 105 Å². The van der Waals surface area contributed by atoms with Crippen LogP contribution in [0.15, 0.2) is 152 Å². The molecule has 7 aromatic rings. The summed E-state index contributed by atoms with van der Waals surface area (Å²) in [5.41, 5.74) is 18.2. The van der Waals surface area contributed by atoms with E-state index < -0.39 is 0 Å². The fraction of sp³-hybridized carbons (Fsp3) is 0.143. The van der Waals surface area contributed by atoms with Gasteiger partial charge in [-0.2, -0.15) is 0 Å². The van der Waals surface area contributed by atoms with Crippen LogP contribution in [0.4, 0.5) is 51.2 Å². The second-order valence-electron chi connectivity index (χ2n) is 16.6. The van der Waals surface area contributed by atoms with Crippen molar-refractivity contribution in [2.24, 2.45) is 0 Å². The molecule has 260 valence electrons. The Morgan fingerprint density at radius 1 is 0.481 bits per heavy atom. The third-order valence-corrected chi connectivity index (χ3v) is 12.2. The van der Waals surface area contributed by atoms with Crippen LogP contribution >= 0.6 is 0 Å². The average molecular weight is 698 g/mol. The maximum Gasteiger partial charge on any atom is 0.252 e. The summed E-state index contributed by atoms with van der Waals surface area (Å²) in [6, 6.07) is 55.7. The molecule has 11 rings (SSSR count). The molecule has 0 saturated carbocycles. The second kappa shape index (κ2) is 10.9. The number of rotatable bonds is 1. The lowest BCUT2D eigenvalue weighted by Gasteiger charge is -2.50. The summed E-state index contributed by atoms with van der Waals surface area (Å²) in [6.07, 6.45) is 0. The Bertz CT molecular complexity index is 2690. The van der Waals surface area contributed by atoms with Gasteiger partial charge in [0.25, 0.3) is 6.71 Å². The summed E-state index contributed by atoms with van der Waals surface area (Å²) in [6.45, 7) is 11.8. The van der Waals surface area contributed by atoms with E-state index in [0.717, 1.165) is 39.9 Å². The lowest BCUT2D eigenvalue weighted by Crippen LogP contribution is -2.62.